The van der Waals surface area contributed by atoms with E-state index in [0.29, 0.717) is 6.42 Å². The lowest BCUT2D eigenvalue weighted by atomic mass is 10.00. The Morgan fingerprint density at radius 2 is 2.19 bits per heavy atom. The molecule has 0 radical (unpaired) electrons. The van der Waals surface area contributed by atoms with Gasteiger partial charge >= 0.3 is 0 Å². The number of halogens is 2. The summed E-state index contributed by atoms with van der Waals surface area (Å²) in [4.78, 5) is 0. The summed E-state index contributed by atoms with van der Waals surface area (Å²) in [6, 6.07) is 10.9. The molecular formula is C16H15ClFN3. The maximum atomic E-state index is 13.6. The summed E-state index contributed by atoms with van der Waals surface area (Å²) in [6.45, 7) is 0. The van der Waals surface area contributed by atoms with Crippen LogP contribution in [0.3, 0.4) is 0 Å². The van der Waals surface area contributed by atoms with Crippen LogP contribution in [0.25, 0.3) is 5.52 Å². The fraction of sp³-hybridized carbons (Fsp3) is 0.188. The second-order valence-corrected chi connectivity index (χ2v) is 5.33. The third kappa shape index (κ3) is 2.77. The molecule has 3 aromatic rings. The molecule has 21 heavy (non-hydrogen) atoms. The summed E-state index contributed by atoms with van der Waals surface area (Å²) < 4.78 is 15.4. The zero-order chi connectivity index (χ0) is 14.8. The Morgan fingerprint density at radius 1 is 1.33 bits per heavy atom. The van der Waals surface area contributed by atoms with Crippen LogP contribution in [-0.2, 0) is 6.42 Å². The number of rotatable bonds is 4. The van der Waals surface area contributed by atoms with E-state index in [1.807, 2.05) is 48.2 Å². The molecule has 1 unspecified atom stereocenters. The quantitative estimate of drug-likeness (QED) is 0.797. The number of aromatic nitrogens is 2. The molecule has 0 aliphatic carbocycles. The number of benzene rings is 1. The van der Waals surface area contributed by atoms with Crippen molar-refractivity contribution in [2.75, 3.05) is 7.05 Å². The van der Waals surface area contributed by atoms with Crippen LogP contribution in [-0.4, -0.2) is 16.7 Å². The number of hydrogen-bond donors (Lipinski definition) is 1. The highest BCUT2D eigenvalue weighted by Gasteiger charge is 2.15. The van der Waals surface area contributed by atoms with Crippen molar-refractivity contribution in [2.45, 2.75) is 12.5 Å². The van der Waals surface area contributed by atoms with Crippen molar-refractivity contribution in [3.8, 4) is 0 Å². The maximum absolute atomic E-state index is 13.6. The van der Waals surface area contributed by atoms with Crippen LogP contribution in [0.2, 0.25) is 5.02 Å². The molecule has 0 saturated heterocycles. The summed E-state index contributed by atoms with van der Waals surface area (Å²) >= 11 is 5.72. The number of pyridine rings is 1. The molecule has 0 saturated carbocycles. The molecule has 3 nitrogen and oxygen atoms in total. The van der Waals surface area contributed by atoms with Crippen molar-refractivity contribution >= 4 is 17.1 Å². The minimum absolute atomic E-state index is 0.0606. The minimum atomic E-state index is -0.385. The van der Waals surface area contributed by atoms with Crippen molar-refractivity contribution in [3.05, 3.63) is 70.8 Å². The van der Waals surface area contributed by atoms with Crippen molar-refractivity contribution in [2.24, 2.45) is 0 Å². The Bertz CT molecular complexity index is 769. The fourth-order valence-electron chi connectivity index (χ4n) is 2.49. The minimum Gasteiger partial charge on any atom is -0.313 e. The average molecular weight is 304 g/mol. The first-order chi connectivity index (χ1) is 10.2. The standard InChI is InChI=1S/C16H15ClFN3/c1-19-15(9-11-5-6-13(17)14(18)8-11)12-10-20-21-7-3-2-4-16(12)21/h2-8,10,15,19H,9H2,1H3. The highest BCUT2D eigenvalue weighted by Crippen LogP contribution is 2.24. The molecule has 108 valence electrons. The van der Waals surface area contributed by atoms with Crippen molar-refractivity contribution in [1.82, 2.24) is 14.9 Å². The largest absolute Gasteiger partial charge is 0.313 e. The van der Waals surface area contributed by atoms with Crippen LogP contribution in [0, 0.1) is 5.82 Å². The number of fused-ring (bicyclic) bond motifs is 1. The van der Waals surface area contributed by atoms with Gasteiger partial charge in [0.1, 0.15) is 5.82 Å². The van der Waals surface area contributed by atoms with Gasteiger partial charge in [-0.25, -0.2) is 8.91 Å². The summed E-state index contributed by atoms with van der Waals surface area (Å²) in [5.74, 6) is -0.385. The smallest absolute Gasteiger partial charge is 0.142 e. The average Bonchev–Trinajstić information content (AvgIpc) is 2.92. The number of likely N-dealkylation sites (N-methyl/N-ethyl adjacent to an activating group) is 1. The summed E-state index contributed by atoms with van der Waals surface area (Å²) in [5.41, 5.74) is 3.03. The Morgan fingerprint density at radius 3 is 2.95 bits per heavy atom. The van der Waals surface area contributed by atoms with Gasteiger partial charge in [0.05, 0.1) is 16.7 Å². The lowest BCUT2D eigenvalue weighted by Crippen LogP contribution is -2.18. The lowest BCUT2D eigenvalue weighted by Gasteiger charge is -2.15. The van der Waals surface area contributed by atoms with Crippen LogP contribution < -0.4 is 5.32 Å². The first-order valence-corrected chi connectivity index (χ1v) is 7.10. The first kappa shape index (κ1) is 14.0. The molecule has 2 aromatic heterocycles. The van der Waals surface area contributed by atoms with Gasteiger partial charge in [0.2, 0.25) is 0 Å². The predicted octanol–water partition coefficient (Wildman–Crippen LogP) is 3.63. The normalized spacial score (nSPS) is 12.7. The van der Waals surface area contributed by atoms with Crippen LogP contribution in [0.15, 0.2) is 48.8 Å². The molecule has 3 rings (SSSR count). The van der Waals surface area contributed by atoms with E-state index in [1.54, 1.807) is 6.07 Å². The van der Waals surface area contributed by atoms with Gasteiger partial charge in [0.15, 0.2) is 0 Å². The predicted molar refractivity (Wildman–Crippen MR) is 82.1 cm³/mol. The van der Waals surface area contributed by atoms with Crippen LogP contribution in [0.1, 0.15) is 17.2 Å². The van der Waals surface area contributed by atoms with E-state index >= 15 is 0 Å². The van der Waals surface area contributed by atoms with E-state index in [1.165, 1.54) is 6.07 Å². The van der Waals surface area contributed by atoms with E-state index in [2.05, 4.69) is 10.4 Å². The molecule has 0 aliphatic heterocycles. The molecule has 1 N–H and O–H groups in total. The Labute approximate surface area is 127 Å². The lowest BCUT2D eigenvalue weighted by molar-refractivity contribution is 0.587. The third-order valence-electron chi connectivity index (χ3n) is 3.60. The van der Waals surface area contributed by atoms with Gasteiger partial charge < -0.3 is 5.32 Å². The van der Waals surface area contributed by atoms with Crippen LogP contribution in [0.4, 0.5) is 4.39 Å². The molecule has 0 bridgehead atoms. The number of nitrogens with zero attached hydrogens (tertiary/aromatic N) is 2. The summed E-state index contributed by atoms with van der Waals surface area (Å²) in [5, 5.41) is 7.76. The first-order valence-electron chi connectivity index (χ1n) is 6.72. The summed E-state index contributed by atoms with van der Waals surface area (Å²) in [7, 11) is 1.89. The maximum Gasteiger partial charge on any atom is 0.142 e. The zero-order valence-corrected chi connectivity index (χ0v) is 12.3. The second-order valence-electron chi connectivity index (χ2n) is 4.92. The van der Waals surface area contributed by atoms with Gasteiger partial charge in [0, 0.05) is 17.8 Å². The van der Waals surface area contributed by atoms with Crippen LogP contribution >= 0.6 is 11.6 Å². The highest BCUT2D eigenvalue weighted by atomic mass is 35.5. The molecule has 0 aliphatic rings. The Kier molecular flexibility index (Phi) is 3.90. The summed E-state index contributed by atoms with van der Waals surface area (Å²) in [6.07, 6.45) is 4.43. The molecule has 1 atom stereocenters. The Balaban J connectivity index is 1.93. The van der Waals surface area contributed by atoms with Crippen molar-refractivity contribution in [3.63, 3.8) is 0 Å². The van der Waals surface area contributed by atoms with Gasteiger partial charge in [-0.2, -0.15) is 5.10 Å². The molecule has 5 heteroatoms. The van der Waals surface area contributed by atoms with E-state index in [0.717, 1.165) is 16.6 Å². The van der Waals surface area contributed by atoms with E-state index in [-0.39, 0.29) is 16.9 Å². The molecule has 0 fully saturated rings. The van der Waals surface area contributed by atoms with E-state index in [4.69, 9.17) is 11.6 Å². The van der Waals surface area contributed by atoms with Crippen LogP contribution in [0.5, 0.6) is 0 Å². The fourth-order valence-corrected chi connectivity index (χ4v) is 2.61. The van der Waals surface area contributed by atoms with Gasteiger partial charge in [-0.1, -0.05) is 23.7 Å². The van der Waals surface area contributed by atoms with Gasteiger partial charge in [-0.15, -0.1) is 0 Å². The third-order valence-corrected chi connectivity index (χ3v) is 3.91. The molecule has 1 aromatic carbocycles. The SMILES string of the molecule is CNC(Cc1ccc(Cl)c(F)c1)c1cnn2ccccc12. The zero-order valence-electron chi connectivity index (χ0n) is 11.6. The highest BCUT2D eigenvalue weighted by molar-refractivity contribution is 6.30. The Hall–Kier alpha value is -1.91. The van der Waals surface area contributed by atoms with Crippen molar-refractivity contribution in [1.29, 1.82) is 0 Å². The second kappa shape index (κ2) is 5.84. The molecule has 2 heterocycles. The van der Waals surface area contributed by atoms with Crippen molar-refractivity contribution < 1.29 is 4.39 Å². The van der Waals surface area contributed by atoms with Gasteiger partial charge in [-0.05, 0) is 43.3 Å². The van der Waals surface area contributed by atoms with Gasteiger partial charge in [0.25, 0.3) is 0 Å². The number of hydrogen-bond acceptors (Lipinski definition) is 2. The molecule has 0 amide bonds. The topological polar surface area (TPSA) is 29.3 Å². The number of nitrogens with one attached hydrogen (secondary N) is 1. The molecular weight excluding hydrogens is 289 g/mol. The monoisotopic (exact) mass is 303 g/mol. The van der Waals surface area contributed by atoms with E-state index < -0.39 is 0 Å². The van der Waals surface area contributed by atoms with Gasteiger partial charge in [-0.3, -0.25) is 0 Å². The van der Waals surface area contributed by atoms with E-state index in [9.17, 15) is 4.39 Å². The molecule has 0 spiro atoms.